The summed E-state index contributed by atoms with van der Waals surface area (Å²) in [6, 6.07) is 3.88. The average Bonchev–Trinajstić information content (AvgIpc) is 2.38. The summed E-state index contributed by atoms with van der Waals surface area (Å²) < 4.78 is 0. The van der Waals surface area contributed by atoms with E-state index in [1.54, 1.807) is 0 Å². The van der Waals surface area contributed by atoms with E-state index in [0.29, 0.717) is 25.2 Å². The van der Waals surface area contributed by atoms with E-state index in [9.17, 15) is 14.7 Å². The van der Waals surface area contributed by atoms with Gasteiger partial charge in [-0.3, -0.25) is 0 Å². The van der Waals surface area contributed by atoms with Crippen molar-refractivity contribution in [2.75, 3.05) is 18.4 Å². The van der Waals surface area contributed by atoms with E-state index in [1.165, 1.54) is 23.1 Å². The molecule has 1 aromatic rings. The summed E-state index contributed by atoms with van der Waals surface area (Å²) in [6.45, 7) is 0.886. The first-order valence-corrected chi connectivity index (χ1v) is 6.62. The van der Waals surface area contributed by atoms with E-state index >= 15 is 0 Å². The Balaban J connectivity index is 2.04. The van der Waals surface area contributed by atoms with Gasteiger partial charge in [-0.25, -0.2) is 9.59 Å². The number of β-amino-alcohol motifs (C(OH)–C–C–N with tert-alkyl or cyclic N) is 1. The number of urea groups is 1. The number of carboxylic acids is 1. The smallest absolute Gasteiger partial charge is 0.337 e. The highest BCUT2D eigenvalue weighted by Crippen LogP contribution is 2.21. The third kappa shape index (κ3) is 3.40. The molecule has 1 atom stereocenters. The van der Waals surface area contributed by atoms with Crippen LogP contribution in [0.5, 0.6) is 0 Å². The van der Waals surface area contributed by atoms with Crippen molar-refractivity contribution in [1.29, 1.82) is 0 Å². The van der Waals surface area contributed by atoms with E-state index in [4.69, 9.17) is 16.7 Å². The van der Waals surface area contributed by atoms with Crippen LogP contribution < -0.4 is 5.32 Å². The molecule has 1 aliphatic rings. The summed E-state index contributed by atoms with van der Waals surface area (Å²) in [5.74, 6) is -1.12. The molecule has 0 spiro atoms. The Morgan fingerprint density at radius 2 is 2.15 bits per heavy atom. The van der Waals surface area contributed by atoms with Crippen molar-refractivity contribution in [2.45, 2.75) is 18.9 Å². The fourth-order valence-electron chi connectivity index (χ4n) is 2.11. The van der Waals surface area contributed by atoms with Gasteiger partial charge in [0.2, 0.25) is 0 Å². The van der Waals surface area contributed by atoms with Gasteiger partial charge in [0, 0.05) is 18.8 Å². The summed E-state index contributed by atoms with van der Waals surface area (Å²) in [7, 11) is 0. The minimum absolute atomic E-state index is 0.0157. The van der Waals surface area contributed by atoms with Gasteiger partial charge in [-0.2, -0.15) is 0 Å². The molecule has 0 radical (unpaired) electrons. The molecule has 7 heteroatoms. The first-order valence-electron chi connectivity index (χ1n) is 6.24. The van der Waals surface area contributed by atoms with Crippen molar-refractivity contribution < 1.29 is 19.8 Å². The SMILES string of the molecule is O=C(O)c1ccc(NC(=O)N2CCCC(O)C2)cc1Cl. The van der Waals surface area contributed by atoms with Crippen molar-refractivity contribution in [3.8, 4) is 0 Å². The molecule has 1 fully saturated rings. The number of carboxylic acid groups (broad SMARTS) is 1. The molecule has 1 saturated heterocycles. The average molecular weight is 299 g/mol. The molecule has 1 aromatic carbocycles. The van der Waals surface area contributed by atoms with Gasteiger partial charge < -0.3 is 20.4 Å². The number of rotatable bonds is 2. The van der Waals surface area contributed by atoms with E-state index < -0.39 is 12.1 Å². The topological polar surface area (TPSA) is 89.9 Å². The second-order valence-electron chi connectivity index (χ2n) is 4.67. The molecule has 3 N–H and O–H groups in total. The highest BCUT2D eigenvalue weighted by atomic mass is 35.5. The number of anilines is 1. The Labute approximate surface area is 121 Å². The molecule has 2 rings (SSSR count). The zero-order valence-electron chi connectivity index (χ0n) is 10.7. The van der Waals surface area contributed by atoms with Crippen LogP contribution in [-0.2, 0) is 0 Å². The number of nitrogens with zero attached hydrogens (tertiary/aromatic N) is 1. The maximum Gasteiger partial charge on any atom is 0.337 e. The number of hydrogen-bond acceptors (Lipinski definition) is 3. The number of aliphatic hydroxyl groups excluding tert-OH is 1. The Morgan fingerprint density at radius 3 is 2.75 bits per heavy atom. The number of piperidine rings is 1. The minimum Gasteiger partial charge on any atom is -0.478 e. The highest BCUT2D eigenvalue weighted by Gasteiger charge is 2.22. The van der Waals surface area contributed by atoms with Crippen molar-refractivity contribution in [2.24, 2.45) is 0 Å². The van der Waals surface area contributed by atoms with Gasteiger partial charge in [0.25, 0.3) is 0 Å². The van der Waals surface area contributed by atoms with Crippen molar-refractivity contribution in [3.63, 3.8) is 0 Å². The molecule has 1 aliphatic heterocycles. The zero-order valence-corrected chi connectivity index (χ0v) is 11.4. The van der Waals surface area contributed by atoms with Crippen molar-refractivity contribution in [1.82, 2.24) is 4.90 Å². The number of halogens is 1. The monoisotopic (exact) mass is 298 g/mol. The van der Waals surface area contributed by atoms with Gasteiger partial charge in [-0.05, 0) is 31.0 Å². The first-order chi connectivity index (χ1) is 9.47. The fraction of sp³-hybridized carbons (Fsp3) is 0.385. The van der Waals surface area contributed by atoms with Crippen LogP contribution in [0.1, 0.15) is 23.2 Å². The summed E-state index contributed by atoms with van der Waals surface area (Å²) in [5.41, 5.74) is 0.406. The van der Waals surface area contributed by atoms with Gasteiger partial charge in [-0.1, -0.05) is 11.6 Å². The number of aromatic carboxylic acids is 1. The lowest BCUT2D eigenvalue weighted by Crippen LogP contribution is -2.44. The lowest BCUT2D eigenvalue weighted by Gasteiger charge is -2.30. The molecule has 0 aliphatic carbocycles. The van der Waals surface area contributed by atoms with Crippen LogP contribution in [0, 0.1) is 0 Å². The van der Waals surface area contributed by atoms with Gasteiger partial charge in [-0.15, -0.1) is 0 Å². The lowest BCUT2D eigenvalue weighted by molar-refractivity contribution is 0.0697. The highest BCUT2D eigenvalue weighted by molar-refractivity contribution is 6.33. The van der Waals surface area contributed by atoms with E-state index in [1.807, 2.05) is 0 Å². The summed E-state index contributed by atoms with van der Waals surface area (Å²) in [6.07, 6.45) is 0.961. The minimum atomic E-state index is -1.12. The van der Waals surface area contributed by atoms with Crippen molar-refractivity contribution >= 4 is 29.3 Å². The predicted octanol–water partition coefficient (Wildman–Crippen LogP) is 2.03. The number of benzene rings is 1. The third-order valence-electron chi connectivity index (χ3n) is 3.13. The maximum atomic E-state index is 12.0. The molecule has 0 saturated carbocycles. The molecule has 1 heterocycles. The lowest BCUT2D eigenvalue weighted by atomic mass is 10.1. The maximum absolute atomic E-state index is 12.0. The van der Waals surface area contributed by atoms with Gasteiger partial charge in [0.15, 0.2) is 0 Å². The summed E-state index contributed by atoms with van der Waals surface area (Å²) in [4.78, 5) is 24.3. The molecule has 0 aromatic heterocycles. The second-order valence-corrected chi connectivity index (χ2v) is 5.08. The molecule has 108 valence electrons. The Kier molecular flexibility index (Phi) is 4.46. The number of likely N-dealkylation sites (tertiary alicyclic amines) is 1. The fourth-order valence-corrected chi connectivity index (χ4v) is 2.37. The molecular formula is C13H15ClN2O4. The molecule has 20 heavy (non-hydrogen) atoms. The van der Waals surface area contributed by atoms with E-state index in [0.717, 1.165) is 6.42 Å². The summed E-state index contributed by atoms with van der Waals surface area (Å²) in [5, 5.41) is 21.1. The largest absolute Gasteiger partial charge is 0.478 e. The first kappa shape index (κ1) is 14.6. The van der Waals surface area contributed by atoms with Crippen LogP contribution in [0.3, 0.4) is 0 Å². The quantitative estimate of drug-likeness (QED) is 0.779. The number of aliphatic hydroxyl groups is 1. The normalized spacial score (nSPS) is 18.7. The van der Waals surface area contributed by atoms with E-state index in [2.05, 4.69) is 5.32 Å². The predicted molar refractivity (Wildman–Crippen MR) is 74.2 cm³/mol. The van der Waals surface area contributed by atoms with E-state index in [-0.39, 0.29) is 16.6 Å². The number of nitrogens with one attached hydrogen (secondary N) is 1. The van der Waals surface area contributed by atoms with Crippen LogP contribution in [0.4, 0.5) is 10.5 Å². The van der Waals surface area contributed by atoms with Gasteiger partial charge in [0.05, 0.1) is 16.7 Å². The number of carbonyl (C=O) groups excluding carboxylic acids is 1. The van der Waals surface area contributed by atoms with Crippen LogP contribution in [-0.4, -0.2) is 46.3 Å². The Bertz CT molecular complexity index is 535. The van der Waals surface area contributed by atoms with Crippen molar-refractivity contribution in [3.05, 3.63) is 28.8 Å². The Morgan fingerprint density at radius 1 is 1.40 bits per heavy atom. The van der Waals surface area contributed by atoms with Crippen LogP contribution in [0.15, 0.2) is 18.2 Å². The number of amides is 2. The number of carbonyl (C=O) groups is 2. The molecular weight excluding hydrogens is 284 g/mol. The van der Waals surface area contributed by atoms with Gasteiger partial charge >= 0.3 is 12.0 Å². The molecule has 0 bridgehead atoms. The van der Waals surface area contributed by atoms with Crippen LogP contribution in [0.2, 0.25) is 5.02 Å². The Hall–Kier alpha value is -1.79. The van der Waals surface area contributed by atoms with Crippen LogP contribution in [0.25, 0.3) is 0 Å². The summed E-state index contributed by atoms with van der Waals surface area (Å²) >= 11 is 5.83. The second kappa shape index (κ2) is 6.11. The standard InChI is InChI=1S/C13H15ClN2O4/c14-11-6-8(3-4-10(11)12(18)19)15-13(20)16-5-1-2-9(17)7-16/h3-4,6,9,17H,1-2,5,7H2,(H,15,20)(H,18,19). The molecule has 2 amide bonds. The zero-order chi connectivity index (χ0) is 14.7. The molecule has 6 nitrogen and oxygen atoms in total. The van der Waals surface area contributed by atoms with Gasteiger partial charge in [0.1, 0.15) is 0 Å². The third-order valence-corrected chi connectivity index (χ3v) is 3.45. The molecule has 1 unspecified atom stereocenters. The van der Waals surface area contributed by atoms with Crippen LogP contribution >= 0.6 is 11.6 Å². The number of hydrogen-bond donors (Lipinski definition) is 3.